The number of primary amides is 1. The third-order valence-corrected chi connectivity index (χ3v) is 3.55. The summed E-state index contributed by atoms with van der Waals surface area (Å²) in [6, 6.07) is 0.458. The fourth-order valence-electron chi connectivity index (χ4n) is 2.63. The molecule has 0 aromatic heterocycles. The Hall–Kier alpha value is -0.610. The highest BCUT2D eigenvalue weighted by Gasteiger charge is 2.40. The zero-order valence-corrected chi connectivity index (χ0v) is 9.13. The highest BCUT2D eigenvalue weighted by atomic mass is 16.5. The minimum atomic E-state index is -0.590. The van der Waals surface area contributed by atoms with Crippen LogP contribution in [0.15, 0.2) is 0 Å². The van der Waals surface area contributed by atoms with Crippen LogP contribution in [0.4, 0.5) is 0 Å². The Morgan fingerprint density at radius 3 is 2.60 bits per heavy atom. The molecule has 2 aliphatic rings. The Morgan fingerprint density at radius 2 is 2.07 bits per heavy atom. The van der Waals surface area contributed by atoms with Crippen molar-refractivity contribution in [3.8, 4) is 0 Å². The number of hydrogen-bond donors (Lipinski definition) is 2. The predicted molar refractivity (Wildman–Crippen MR) is 57.4 cm³/mol. The maximum absolute atomic E-state index is 11.5. The van der Waals surface area contributed by atoms with Crippen molar-refractivity contribution in [1.82, 2.24) is 5.32 Å². The van der Waals surface area contributed by atoms with E-state index >= 15 is 0 Å². The molecule has 1 aliphatic carbocycles. The average molecular weight is 212 g/mol. The molecule has 1 aliphatic heterocycles. The predicted octanol–water partition coefficient (Wildman–Crippen LogP) is 0.553. The van der Waals surface area contributed by atoms with Crippen molar-refractivity contribution >= 4 is 5.91 Å². The van der Waals surface area contributed by atoms with Gasteiger partial charge in [-0.1, -0.05) is 12.8 Å². The molecule has 2 fully saturated rings. The molecule has 1 heterocycles. The molecular weight excluding hydrogens is 192 g/mol. The summed E-state index contributed by atoms with van der Waals surface area (Å²) in [5.41, 5.74) is 4.91. The first-order chi connectivity index (χ1) is 7.23. The van der Waals surface area contributed by atoms with Crippen LogP contribution in [0.25, 0.3) is 0 Å². The Labute approximate surface area is 90.5 Å². The van der Waals surface area contributed by atoms with Gasteiger partial charge in [-0.25, -0.2) is 0 Å². The van der Waals surface area contributed by atoms with Gasteiger partial charge in [0.15, 0.2) is 0 Å². The van der Waals surface area contributed by atoms with E-state index in [1.807, 2.05) is 0 Å². The molecule has 3 N–H and O–H groups in total. The lowest BCUT2D eigenvalue weighted by Crippen LogP contribution is -2.62. The molecular formula is C11H20N2O2. The number of nitrogens with one attached hydrogen (secondary N) is 1. The van der Waals surface area contributed by atoms with Crippen LogP contribution >= 0.6 is 0 Å². The summed E-state index contributed by atoms with van der Waals surface area (Å²) in [5.74, 6) is -0.255. The Morgan fingerprint density at radius 1 is 1.33 bits per heavy atom. The summed E-state index contributed by atoms with van der Waals surface area (Å²) in [4.78, 5) is 11.5. The third-order valence-electron chi connectivity index (χ3n) is 3.55. The van der Waals surface area contributed by atoms with Crippen LogP contribution in [0.1, 0.15) is 38.5 Å². The molecule has 2 rings (SSSR count). The molecule has 0 radical (unpaired) electrons. The van der Waals surface area contributed by atoms with E-state index in [-0.39, 0.29) is 5.91 Å². The average Bonchev–Trinajstić information content (AvgIpc) is 2.71. The number of hydrogen-bond acceptors (Lipinski definition) is 3. The summed E-state index contributed by atoms with van der Waals surface area (Å²) >= 11 is 0. The SMILES string of the molecule is NC(=O)C1(NC2CCCC2)CCCOC1. The highest BCUT2D eigenvalue weighted by Crippen LogP contribution is 2.25. The van der Waals surface area contributed by atoms with Gasteiger partial charge >= 0.3 is 0 Å². The number of carbonyl (C=O) groups excluding carboxylic acids is 1. The summed E-state index contributed by atoms with van der Waals surface area (Å²) < 4.78 is 5.39. The molecule has 1 atom stereocenters. The highest BCUT2D eigenvalue weighted by molar-refractivity contribution is 5.85. The van der Waals surface area contributed by atoms with Crippen LogP contribution in [0.3, 0.4) is 0 Å². The number of amides is 1. The maximum Gasteiger partial charge on any atom is 0.240 e. The number of carbonyl (C=O) groups is 1. The van der Waals surface area contributed by atoms with Crippen molar-refractivity contribution in [2.75, 3.05) is 13.2 Å². The van der Waals surface area contributed by atoms with E-state index < -0.39 is 5.54 Å². The lowest BCUT2D eigenvalue weighted by Gasteiger charge is -2.37. The van der Waals surface area contributed by atoms with Gasteiger partial charge in [0.25, 0.3) is 0 Å². The van der Waals surface area contributed by atoms with Crippen molar-refractivity contribution in [1.29, 1.82) is 0 Å². The molecule has 1 unspecified atom stereocenters. The van der Waals surface area contributed by atoms with E-state index in [4.69, 9.17) is 10.5 Å². The van der Waals surface area contributed by atoms with E-state index in [0.717, 1.165) is 32.3 Å². The third kappa shape index (κ3) is 2.32. The van der Waals surface area contributed by atoms with E-state index in [9.17, 15) is 4.79 Å². The molecule has 0 bridgehead atoms. The largest absolute Gasteiger partial charge is 0.379 e. The second-order valence-corrected chi connectivity index (χ2v) is 4.73. The van der Waals surface area contributed by atoms with Crippen LogP contribution in [0.5, 0.6) is 0 Å². The summed E-state index contributed by atoms with van der Waals surface area (Å²) in [7, 11) is 0. The first kappa shape index (κ1) is 10.9. The zero-order chi connectivity index (χ0) is 10.7. The van der Waals surface area contributed by atoms with Gasteiger partial charge in [0.1, 0.15) is 5.54 Å². The molecule has 15 heavy (non-hydrogen) atoms. The van der Waals surface area contributed by atoms with Gasteiger partial charge in [-0.3, -0.25) is 10.1 Å². The lowest BCUT2D eigenvalue weighted by atomic mass is 9.90. The molecule has 4 heteroatoms. The van der Waals surface area contributed by atoms with E-state index in [1.165, 1.54) is 12.8 Å². The van der Waals surface area contributed by atoms with Crippen molar-refractivity contribution in [2.24, 2.45) is 5.73 Å². The van der Waals surface area contributed by atoms with Crippen molar-refractivity contribution in [3.63, 3.8) is 0 Å². The van der Waals surface area contributed by atoms with Crippen molar-refractivity contribution < 1.29 is 9.53 Å². The monoisotopic (exact) mass is 212 g/mol. The number of rotatable bonds is 3. The van der Waals surface area contributed by atoms with Gasteiger partial charge in [0.05, 0.1) is 6.61 Å². The lowest BCUT2D eigenvalue weighted by molar-refractivity contribution is -0.130. The Bertz CT molecular complexity index is 231. The molecule has 86 valence electrons. The Balaban J connectivity index is 2.00. The topological polar surface area (TPSA) is 64.4 Å². The summed E-state index contributed by atoms with van der Waals surface area (Å²) in [6.07, 6.45) is 6.58. The van der Waals surface area contributed by atoms with Crippen LogP contribution < -0.4 is 11.1 Å². The van der Waals surface area contributed by atoms with Crippen LogP contribution in [0, 0.1) is 0 Å². The maximum atomic E-state index is 11.5. The Kier molecular flexibility index (Phi) is 3.26. The van der Waals surface area contributed by atoms with Gasteiger partial charge in [0, 0.05) is 12.6 Å². The number of nitrogens with two attached hydrogens (primary N) is 1. The molecule has 0 spiro atoms. The van der Waals surface area contributed by atoms with Gasteiger partial charge in [0.2, 0.25) is 5.91 Å². The van der Waals surface area contributed by atoms with Crippen molar-refractivity contribution in [2.45, 2.75) is 50.1 Å². The quantitative estimate of drug-likeness (QED) is 0.718. The van der Waals surface area contributed by atoms with Crippen molar-refractivity contribution in [3.05, 3.63) is 0 Å². The van der Waals surface area contributed by atoms with E-state index in [1.54, 1.807) is 0 Å². The minimum absolute atomic E-state index is 0.255. The minimum Gasteiger partial charge on any atom is -0.379 e. The zero-order valence-electron chi connectivity index (χ0n) is 9.13. The molecule has 0 aromatic carbocycles. The van der Waals surface area contributed by atoms with E-state index in [0.29, 0.717) is 12.6 Å². The number of ether oxygens (including phenoxy) is 1. The second-order valence-electron chi connectivity index (χ2n) is 4.73. The van der Waals surface area contributed by atoms with Gasteiger partial charge in [-0.2, -0.15) is 0 Å². The van der Waals surface area contributed by atoms with Crippen LogP contribution in [-0.2, 0) is 9.53 Å². The fourth-order valence-corrected chi connectivity index (χ4v) is 2.63. The summed E-state index contributed by atoms with van der Waals surface area (Å²) in [5, 5.41) is 3.43. The van der Waals surface area contributed by atoms with Crippen LogP contribution in [0.2, 0.25) is 0 Å². The van der Waals surface area contributed by atoms with E-state index in [2.05, 4.69) is 5.32 Å². The van der Waals surface area contributed by atoms with Gasteiger partial charge in [-0.05, 0) is 25.7 Å². The first-order valence-corrected chi connectivity index (χ1v) is 5.88. The molecule has 0 aromatic rings. The standard InChI is InChI=1S/C11H20N2O2/c12-10(14)11(6-3-7-15-8-11)13-9-4-1-2-5-9/h9,13H,1-8H2,(H2,12,14). The molecule has 1 saturated carbocycles. The second kappa shape index (κ2) is 4.49. The fraction of sp³-hybridized carbons (Fsp3) is 0.909. The molecule has 1 saturated heterocycles. The molecule has 1 amide bonds. The van der Waals surface area contributed by atoms with Crippen LogP contribution in [-0.4, -0.2) is 30.7 Å². The molecule has 4 nitrogen and oxygen atoms in total. The normalized spacial score (nSPS) is 33.1. The smallest absolute Gasteiger partial charge is 0.240 e. The van der Waals surface area contributed by atoms with Gasteiger partial charge in [-0.15, -0.1) is 0 Å². The summed E-state index contributed by atoms with van der Waals surface area (Å²) in [6.45, 7) is 1.19. The van der Waals surface area contributed by atoms with Gasteiger partial charge < -0.3 is 10.5 Å². The first-order valence-electron chi connectivity index (χ1n) is 5.88.